The fourth-order valence-electron chi connectivity index (χ4n) is 1.10. The predicted molar refractivity (Wildman–Crippen MR) is 70.0 cm³/mol. The molecule has 0 spiro atoms. The van der Waals surface area contributed by atoms with Crippen LogP contribution in [0.3, 0.4) is 0 Å². The van der Waals surface area contributed by atoms with Crippen molar-refractivity contribution in [3.05, 3.63) is 31.3 Å². The number of hydrogen-bond donors (Lipinski definition) is 0. The molecule has 0 fully saturated rings. The Hall–Kier alpha value is 0.370. The minimum atomic E-state index is -4.47. The molecule has 16 heavy (non-hydrogen) atoms. The quantitative estimate of drug-likeness (QED) is 0.349. The van der Waals surface area contributed by atoms with Crippen LogP contribution in [0.1, 0.15) is 15.9 Å². The van der Waals surface area contributed by atoms with Gasteiger partial charge in [0.15, 0.2) is 5.78 Å². The number of halogens is 6. The Morgan fingerprint density at radius 3 is 2.38 bits per heavy atom. The molecule has 88 valence electrons. The molecule has 0 atom stereocenters. The highest BCUT2D eigenvalue weighted by atomic mass is 127. The number of ketones is 1. The van der Waals surface area contributed by atoms with Gasteiger partial charge in [-0.3, -0.25) is 4.79 Å². The van der Waals surface area contributed by atoms with E-state index in [2.05, 4.69) is 31.9 Å². The molecule has 0 aliphatic carbocycles. The molecule has 0 aromatic heterocycles. The zero-order chi connectivity index (χ0) is 12.5. The SMILES string of the molecule is O=C(CBr)c1ccc(I)c(C(F)(F)F)c1Br. The van der Waals surface area contributed by atoms with Crippen LogP contribution in [-0.2, 0) is 6.18 Å². The molecule has 0 amide bonds. The van der Waals surface area contributed by atoms with Crippen LogP contribution in [0.4, 0.5) is 13.2 Å². The van der Waals surface area contributed by atoms with E-state index in [1.165, 1.54) is 12.1 Å². The molecule has 0 saturated heterocycles. The Kier molecular flexibility index (Phi) is 4.82. The summed E-state index contributed by atoms with van der Waals surface area (Å²) in [5.41, 5.74) is -0.774. The van der Waals surface area contributed by atoms with Crippen molar-refractivity contribution in [2.24, 2.45) is 0 Å². The summed E-state index contributed by atoms with van der Waals surface area (Å²) in [6.07, 6.45) is -4.47. The van der Waals surface area contributed by atoms with E-state index in [0.29, 0.717) is 0 Å². The minimum Gasteiger partial charge on any atom is -0.293 e. The molecule has 7 heteroatoms. The van der Waals surface area contributed by atoms with E-state index < -0.39 is 17.5 Å². The van der Waals surface area contributed by atoms with Crippen LogP contribution in [0.5, 0.6) is 0 Å². The van der Waals surface area contributed by atoms with Crippen molar-refractivity contribution in [1.29, 1.82) is 0 Å². The lowest BCUT2D eigenvalue weighted by molar-refractivity contribution is -0.138. The predicted octanol–water partition coefficient (Wildman–Crippen LogP) is 4.65. The van der Waals surface area contributed by atoms with Crippen molar-refractivity contribution in [3.63, 3.8) is 0 Å². The van der Waals surface area contributed by atoms with Crippen LogP contribution in [0.2, 0.25) is 0 Å². The van der Waals surface area contributed by atoms with Crippen LogP contribution in [0, 0.1) is 3.57 Å². The van der Waals surface area contributed by atoms with Gasteiger partial charge in [-0.25, -0.2) is 0 Å². The number of alkyl halides is 4. The van der Waals surface area contributed by atoms with Gasteiger partial charge in [0.2, 0.25) is 0 Å². The first-order valence-electron chi connectivity index (χ1n) is 3.93. The van der Waals surface area contributed by atoms with Gasteiger partial charge in [0.25, 0.3) is 0 Å². The summed E-state index contributed by atoms with van der Waals surface area (Å²) < 4.78 is 38.0. The number of carbonyl (C=O) groups excluding carboxylic acids is 1. The van der Waals surface area contributed by atoms with E-state index in [9.17, 15) is 18.0 Å². The first kappa shape index (κ1) is 14.4. The van der Waals surface area contributed by atoms with Gasteiger partial charge in [0, 0.05) is 13.6 Å². The molecule has 1 rings (SSSR count). The lowest BCUT2D eigenvalue weighted by atomic mass is 10.1. The summed E-state index contributed by atoms with van der Waals surface area (Å²) >= 11 is 7.36. The highest BCUT2D eigenvalue weighted by Gasteiger charge is 2.36. The maximum absolute atomic E-state index is 12.7. The number of benzene rings is 1. The van der Waals surface area contributed by atoms with E-state index in [4.69, 9.17) is 0 Å². The molecule has 0 saturated carbocycles. The van der Waals surface area contributed by atoms with Gasteiger partial charge in [-0.05, 0) is 50.7 Å². The lowest BCUT2D eigenvalue weighted by Gasteiger charge is -2.13. The molecule has 1 aromatic rings. The molecule has 0 N–H and O–H groups in total. The third kappa shape index (κ3) is 2.98. The first-order chi connectivity index (χ1) is 7.29. The average Bonchev–Trinajstić information content (AvgIpc) is 2.14. The van der Waals surface area contributed by atoms with E-state index in [1.807, 2.05) is 0 Å². The molecule has 0 radical (unpaired) electrons. The number of Topliss-reactive ketones (excluding diaryl/α,β-unsaturated/α-hetero) is 1. The smallest absolute Gasteiger partial charge is 0.293 e. The summed E-state index contributed by atoms with van der Waals surface area (Å²) in [4.78, 5) is 11.4. The normalized spacial score (nSPS) is 11.6. The summed E-state index contributed by atoms with van der Waals surface area (Å²) in [6, 6.07) is 2.66. The minimum absolute atomic E-state index is 0.0104. The Bertz CT molecular complexity index is 431. The van der Waals surface area contributed by atoms with Crippen molar-refractivity contribution in [2.45, 2.75) is 6.18 Å². The topological polar surface area (TPSA) is 17.1 Å². The molecule has 1 nitrogen and oxygen atoms in total. The monoisotopic (exact) mass is 470 g/mol. The molecular formula is C9H4Br2F3IO. The number of hydrogen-bond acceptors (Lipinski definition) is 1. The molecule has 1 aromatic carbocycles. The Labute approximate surface area is 120 Å². The lowest BCUT2D eigenvalue weighted by Crippen LogP contribution is -2.12. The van der Waals surface area contributed by atoms with E-state index in [-0.39, 0.29) is 18.9 Å². The second-order valence-corrected chi connectivity index (χ2v) is 5.35. The van der Waals surface area contributed by atoms with E-state index in [0.717, 1.165) is 0 Å². The van der Waals surface area contributed by atoms with Crippen LogP contribution < -0.4 is 0 Å². The van der Waals surface area contributed by atoms with Crippen LogP contribution in [0.15, 0.2) is 16.6 Å². The van der Waals surface area contributed by atoms with Gasteiger partial charge >= 0.3 is 6.18 Å². The summed E-state index contributed by atoms with van der Waals surface area (Å²) in [6.45, 7) is 0. The average molecular weight is 472 g/mol. The first-order valence-corrected chi connectivity index (χ1v) is 6.92. The third-order valence-corrected chi connectivity index (χ3v) is 4.03. The summed E-state index contributed by atoms with van der Waals surface area (Å²) in [5, 5.41) is -0.0104. The van der Waals surface area contributed by atoms with Crippen molar-refractivity contribution >= 4 is 60.2 Å². The van der Waals surface area contributed by atoms with Crippen molar-refractivity contribution in [1.82, 2.24) is 0 Å². The van der Waals surface area contributed by atoms with Gasteiger partial charge in [0.1, 0.15) is 0 Å². The standard InChI is InChI=1S/C9H4Br2F3IO/c10-3-6(16)4-1-2-5(15)7(8(4)11)9(12,13)14/h1-2H,3H2. The van der Waals surface area contributed by atoms with E-state index in [1.54, 1.807) is 22.6 Å². The van der Waals surface area contributed by atoms with Crippen LogP contribution in [0.25, 0.3) is 0 Å². The molecule has 0 aliphatic heterocycles. The van der Waals surface area contributed by atoms with Gasteiger partial charge in [0.05, 0.1) is 10.9 Å². The van der Waals surface area contributed by atoms with Crippen LogP contribution in [-0.4, -0.2) is 11.1 Å². The number of rotatable bonds is 2. The maximum atomic E-state index is 12.7. The van der Waals surface area contributed by atoms with E-state index >= 15 is 0 Å². The molecule has 0 bridgehead atoms. The Balaban J connectivity index is 3.45. The largest absolute Gasteiger partial charge is 0.418 e. The molecular weight excluding hydrogens is 468 g/mol. The Morgan fingerprint density at radius 1 is 1.38 bits per heavy atom. The summed E-state index contributed by atoms with van der Waals surface area (Å²) in [7, 11) is 0. The maximum Gasteiger partial charge on any atom is 0.418 e. The zero-order valence-corrected chi connectivity index (χ0v) is 12.9. The molecule has 0 heterocycles. The second kappa shape index (κ2) is 5.34. The van der Waals surface area contributed by atoms with Gasteiger partial charge in [-0.1, -0.05) is 15.9 Å². The fourth-order valence-corrected chi connectivity index (χ4v) is 3.32. The molecule has 0 unspecified atom stereocenters. The second-order valence-electron chi connectivity index (χ2n) is 2.84. The third-order valence-electron chi connectivity index (χ3n) is 1.80. The zero-order valence-electron chi connectivity index (χ0n) is 7.54. The van der Waals surface area contributed by atoms with Crippen molar-refractivity contribution in [3.8, 4) is 0 Å². The van der Waals surface area contributed by atoms with Crippen molar-refractivity contribution in [2.75, 3.05) is 5.33 Å². The Morgan fingerprint density at radius 2 is 1.94 bits per heavy atom. The van der Waals surface area contributed by atoms with Gasteiger partial charge < -0.3 is 0 Å². The summed E-state index contributed by atoms with van der Waals surface area (Å²) in [5.74, 6) is -0.395. The van der Waals surface area contributed by atoms with Crippen molar-refractivity contribution < 1.29 is 18.0 Å². The van der Waals surface area contributed by atoms with Crippen LogP contribution >= 0.6 is 54.5 Å². The number of carbonyl (C=O) groups is 1. The van der Waals surface area contributed by atoms with Gasteiger partial charge in [-0.15, -0.1) is 0 Å². The highest BCUT2D eigenvalue weighted by Crippen LogP contribution is 2.39. The fraction of sp³-hybridized carbons (Fsp3) is 0.222. The molecule has 0 aliphatic rings. The highest BCUT2D eigenvalue weighted by molar-refractivity contribution is 14.1. The van der Waals surface area contributed by atoms with Gasteiger partial charge in [-0.2, -0.15) is 13.2 Å².